The van der Waals surface area contributed by atoms with Crippen LogP contribution in [0.1, 0.15) is 38.2 Å². The van der Waals surface area contributed by atoms with Crippen LogP contribution in [-0.2, 0) is 4.79 Å². The molecule has 0 aliphatic carbocycles. The van der Waals surface area contributed by atoms with Crippen LogP contribution in [0.2, 0.25) is 0 Å². The Morgan fingerprint density at radius 2 is 2.00 bits per heavy atom. The summed E-state index contributed by atoms with van der Waals surface area (Å²) in [7, 11) is 2.05. The van der Waals surface area contributed by atoms with E-state index in [9.17, 15) is 4.79 Å². The number of anilines is 1. The topological polar surface area (TPSA) is 44.4 Å². The Labute approximate surface area is 127 Å². The molecule has 1 aromatic rings. The number of likely N-dealkylation sites (N-methyl/N-ethyl adjacent to an activating group) is 1. The minimum Gasteiger partial charge on any atom is -0.325 e. The van der Waals surface area contributed by atoms with Crippen LogP contribution < -0.4 is 10.6 Å². The van der Waals surface area contributed by atoms with Crippen molar-refractivity contribution in [3.63, 3.8) is 0 Å². The number of hydrogen-bond acceptors (Lipinski definition) is 3. The molecule has 4 nitrogen and oxygen atoms in total. The monoisotopic (exact) mass is 289 g/mol. The maximum absolute atomic E-state index is 12.3. The van der Waals surface area contributed by atoms with E-state index in [1.807, 2.05) is 25.2 Å². The molecule has 21 heavy (non-hydrogen) atoms. The predicted molar refractivity (Wildman–Crippen MR) is 87.7 cm³/mol. The Bertz CT molecular complexity index is 467. The number of hydrogen-bond donors (Lipinski definition) is 2. The summed E-state index contributed by atoms with van der Waals surface area (Å²) in [4.78, 5) is 14.4. The first-order chi connectivity index (χ1) is 10.1. The lowest BCUT2D eigenvalue weighted by atomic mass is 10.0. The van der Waals surface area contributed by atoms with Crippen molar-refractivity contribution in [1.29, 1.82) is 0 Å². The average Bonchev–Trinajstić information content (AvgIpc) is 2.48. The molecule has 1 aliphatic heterocycles. The van der Waals surface area contributed by atoms with Crippen LogP contribution in [-0.4, -0.2) is 43.5 Å². The number of para-hydroxylation sites is 1. The molecule has 2 N–H and O–H groups in total. The fourth-order valence-electron chi connectivity index (χ4n) is 2.91. The number of carbonyl (C=O) groups excluding carboxylic acids is 1. The van der Waals surface area contributed by atoms with Crippen molar-refractivity contribution in [3.8, 4) is 0 Å². The molecule has 116 valence electrons. The van der Waals surface area contributed by atoms with Gasteiger partial charge < -0.3 is 10.6 Å². The molecule has 0 bridgehead atoms. The van der Waals surface area contributed by atoms with Crippen LogP contribution in [0.3, 0.4) is 0 Å². The Balaban J connectivity index is 1.92. The van der Waals surface area contributed by atoms with E-state index in [1.54, 1.807) is 0 Å². The van der Waals surface area contributed by atoms with Crippen molar-refractivity contribution in [3.05, 3.63) is 29.8 Å². The van der Waals surface area contributed by atoms with E-state index >= 15 is 0 Å². The number of nitrogens with zero attached hydrogens (tertiary/aromatic N) is 1. The van der Waals surface area contributed by atoms with Gasteiger partial charge >= 0.3 is 0 Å². The van der Waals surface area contributed by atoms with Gasteiger partial charge in [-0.2, -0.15) is 0 Å². The zero-order valence-corrected chi connectivity index (χ0v) is 13.4. The van der Waals surface area contributed by atoms with Gasteiger partial charge in [0.15, 0.2) is 0 Å². The summed E-state index contributed by atoms with van der Waals surface area (Å²) < 4.78 is 0. The molecule has 1 saturated heterocycles. The van der Waals surface area contributed by atoms with Crippen LogP contribution in [0.5, 0.6) is 0 Å². The molecule has 2 rings (SSSR count). The lowest BCUT2D eigenvalue weighted by molar-refractivity contribution is -0.117. The summed E-state index contributed by atoms with van der Waals surface area (Å²) in [6.45, 7) is 6.84. The summed E-state index contributed by atoms with van der Waals surface area (Å²) in [5.74, 6) is 0.479. The molecule has 0 spiro atoms. The van der Waals surface area contributed by atoms with Crippen molar-refractivity contribution in [2.75, 3.05) is 32.0 Å². The van der Waals surface area contributed by atoms with Crippen LogP contribution in [0.4, 0.5) is 5.69 Å². The first-order valence-corrected chi connectivity index (χ1v) is 7.87. The third kappa shape index (κ3) is 4.55. The summed E-state index contributed by atoms with van der Waals surface area (Å²) in [6.07, 6.45) is 2.23. The lowest BCUT2D eigenvalue weighted by Gasteiger charge is -2.31. The standard InChI is InChI=1S/C17H27N3O/c1-13(2)15-6-4-5-7-16(15)19-17(21)12-20(3)14-8-10-18-11-9-14/h4-7,13-14,18H,8-12H2,1-3H3,(H,19,21). The van der Waals surface area contributed by atoms with E-state index in [0.717, 1.165) is 31.6 Å². The van der Waals surface area contributed by atoms with Gasteiger partial charge in [-0.05, 0) is 50.5 Å². The Morgan fingerprint density at radius 1 is 1.33 bits per heavy atom. The first-order valence-electron chi connectivity index (χ1n) is 7.87. The van der Waals surface area contributed by atoms with Gasteiger partial charge in [0.2, 0.25) is 5.91 Å². The summed E-state index contributed by atoms with van der Waals surface area (Å²) in [6, 6.07) is 8.57. The second-order valence-corrected chi connectivity index (χ2v) is 6.19. The molecule has 1 aliphatic rings. The van der Waals surface area contributed by atoms with Crippen LogP contribution in [0.15, 0.2) is 24.3 Å². The molecule has 1 heterocycles. The zero-order chi connectivity index (χ0) is 15.2. The van der Waals surface area contributed by atoms with Crippen LogP contribution >= 0.6 is 0 Å². The second-order valence-electron chi connectivity index (χ2n) is 6.19. The normalized spacial score (nSPS) is 16.4. The SMILES string of the molecule is CC(C)c1ccccc1NC(=O)CN(C)C1CCNCC1. The zero-order valence-electron chi connectivity index (χ0n) is 13.4. The van der Waals surface area contributed by atoms with E-state index in [2.05, 4.69) is 35.4 Å². The molecular formula is C17H27N3O. The molecule has 0 aromatic heterocycles. The molecule has 0 radical (unpaired) electrons. The van der Waals surface area contributed by atoms with E-state index in [0.29, 0.717) is 18.5 Å². The molecular weight excluding hydrogens is 262 g/mol. The van der Waals surface area contributed by atoms with Crippen molar-refractivity contribution in [2.24, 2.45) is 0 Å². The summed E-state index contributed by atoms with van der Waals surface area (Å²) >= 11 is 0. The summed E-state index contributed by atoms with van der Waals surface area (Å²) in [5, 5.41) is 6.42. The average molecular weight is 289 g/mol. The smallest absolute Gasteiger partial charge is 0.238 e. The van der Waals surface area contributed by atoms with Gasteiger partial charge in [-0.1, -0.05) is 32.0 Å². The van der Waals surface area contributed by atoms with Crippen molar-refractivity contribution >= 4 is 11.6 Å². The van der Waals surface area contributed by atoms with Crippen LogP contribution in [0.25, 0.3) is 0 Å². The number of piperidine rings is 1. The maximum Gasteiger partial charge on any atom is 0.238 e. The highest BCUT2D eigenvalue weighted by molar-refractivity contribution is 5.93. The second kappa shape index (κ2) is 7.57. The van der Waals surface area contributed by atoms with Gasteiger partial charge in [0.05, 0.1) is 6.54 Å². The van der Waals surface area contributed by atoms with Crippen molar-refractivity contribution in [2.45, 2.75) is 38.6 Å². The fraction of sp³-hybridized carbons (Fsp3) is 0.588. The van der Waals surface area contributed by atoms with Gasteiger partial charge in [0.25, 0.3) is 0 Å². The number of rotatable bonds is 5. The third-order valence-corrected chi connectivity index (χ3v) is 4.18. The highest BCUT2D eigenvalue weighted by Crippen LogP contribution is 2.23. The number of carbonyl (C=O) groups is 1. The molecule has 1 aromatic carbocycles. The molecule has 0 unspecified atom stereocenters. The fourth-order valence-corrected chi connectivity index (χ4v) is 2.91. The van der Waals surface area contributed by atoms with Crippen molar-refractivity contribution < 1.29 is 4.79 Å². The largest absolute Gasteiger partial charge is 0.325 e. The lowest BCUT2D eigenvalue weighted by Crippen LogP contribution is -2.44. The molecule has 0 atom stereocenters. The quantitative estimate of drug-likeness (QED) is 0.875. The third-order valence-electron chi connectivity index (χ3n) is 4.18. The van der Waals surface area contributed by atoms with Gasteiger partial charge in [-0.25, -0.2) is 0 Å². The van der Waals surface area contributed by atoms with Gasteiger partial charge in [-0.3, -0.25) is 9.69 Å². The Hall–Kier alpha value is -1.39. The highest BCUT2D eigenvalue weighted by Gasteiger charge is 2.20. The van der Waals surface area contributed by atoms with Crippen molar-refractivity contribution in [1.82, 2.24) is 10.2 Å². The van der Waals surface area contributed by atoms with E-state index in [4.69, 9.17) is 0 Å². The Kier molecular flexibility index (Phi) is 5.76. The molecule has 1 fully saturated rings. The van der Waals surface area contributed by atoms with Gasteiger partial charge in [0, 0.05) is 11.7 Å². The van der Waals surface area contributed by atoms with E-state index in [-0.39, 0.29) is 5.91 Å². The van der Waals surface area contributed by atoms with Gasteiger partial charge in [-0.15, -0.1) is 0 Å². The number of benzene rings is 1. The molecule has 4 heteroatoms. The minimum absolute atomic E-state index is 0.0733. The maximum atomic E-state index is 12.3. The van der Waals surface area contributed by atoms with E-state index < -0.39 is 0 Å². The first kappa shape index (κ1) is 16.0. The molecule has 1 amide bonds. The number of nitrogens with one attached hydrogen (secondary N) is 2. The minimum atomic E-state index is 0.0733. The van der Waals surface area contributed by atoms with Gasteiger partial charge in [0.1, 0.15) is 0 Å². The highest BCUT2D eigenvalue weighted by atomic mass is 16.2. The molecule has 0 saturated carbocycles. The summed E-state index contributed by atoms with van der Waals surface area (Å²) in [5.41, 5.74) is 2.13. The van der Waals surface area contributed by atoms with Crippen LogP contribution in [0, 0.1) is 0 Å². The Morgan fingerprint density at radius 3 is 2.67 bits per heavy atom. The van der Waals surface area contributed by atoms with E-state index in [1.165, 1.54) is 5.56 Å². The predicted octanol–water partition coefficient (Wildman–Crippen LogP) is 2.43. The number of amides is 1.